The molecule has 0 aromatic carbocycles. The minimum absolute atomic E-state index is 0.0143. The second-order valence-electron chi connectivity index (χ2n) is 6.36. The number of carbonyl (C=O) groups excluding carboxylic acids is 1. The van der Waals surface area contributed by atoms with E-state index in [0.717, 1.165) is 35.7 Å². The average Bonchev–Trinajstić information content (AvgIpc) is 2.86. The summed E-state index contributed by atoms with van der Waals surface area (Å²) in [6, 6.07) is 0.256. The second kappa shape index (κ2) is 6.86. The molecule has 0 unspecified atom stereocenters. The van der Waals surface area contributed by atoms with Crippen LogP contribution in [-0.4, -0.2) is 47.0 Å². The molecule has 0 spiro atoms. The van der Waals surface area contributed by atoms with Crippen LogP contribution in [0.2, 0.25) is 0 Å². The molecule has 0 radical (unpaired) electrons. The summed E-state index contributed by atoms with van der Waals surface area (Å²) in [6.07, 6.45) is 4.25. The number of aryl methyl sites for hydroxylation is 1. The summed E-state index contributed by atoms with van der Waals surface area (Å²) < 4.78 is 1.16. The van der Waals surface area contributed by atoms with Crippen molar-refractivity contribution < 1.29 is 9.90 Å². The Balaban J connectivity index is 1.44. The van der Waals surface area contributed by atoms with Crippen molar-refractivity contribution in [3.63, 3.8) is 0 Å². The smallest absolute Gasteiger partial charge is 0.231 e. The van der Waals surface area contributed by atoms with Crippen molar-refractivity contribution in [2.75, 3.05) is 19.7 Å². The SMILES string of the molecule is Cc1csc(SC2CCC(NC(=O)C3(CO)CNC3)CC2)n1. The van der Waals surface area contributed by atoms with E-state index in [2.05, 4.69) is 21.0 Å². The Morgan fingerprint density at radius 1 is 1.50 bits per heavy atom. The number of hydrogen-bond acceptors (Lipinski definition) is 6. The number of thiazole rings is 1. The van der Waals surface area contributed by atoms with Gasteiger partial charge in [-0.15, -0.1) is 11.3 Å². The fraction of sp³-hybridized carbons (Fsp3) is 0.733. The molecule has 1 saturated heterocycles. The van der Waals surface area contributed by atoms with Gasteiger partial charge in [-0.2, -0.15) is 0 Å². The number of aromatic nitrogens is 1. The number of amides is 1. The largest absolute Gasteiger partial charge is 0.395 e. The first-order valence-electron chi connectivity index (χ1n) is 7.83. The van der Waals surface area contributed by atoms with Gasteiger partial charge >= 0.3 is 0 Å². The maximum atomic E-state index is 12.3. The molecule has 1 aromatic rings. The Hall–Kier alpha value is -0.630. The van der Waals surface area contributed by atoms with E-state index in [0.29, 0.717) is 18.3 Å². The van der Waals surface area contributed by atoms with Crippen molar-refractivity contribution in [3.05, 3.63) is 11.1 Å². The van der Waals surface area contributed by atoms with Crippen molar-refractivity contribution >= 4 is 29.0 Å². The molecule has 1 aliphatic carbocycles. The lowest BCUT2D eigenvalue weighted by atomic mass is 9.81. The fourth-order valence-electron chi connectivity index (χ4n) is 2.96. The zero-order valence-electron chi connectivity index (χ0n) is 12.8. The molecule has 1 aromatic heterocycles. The minimum atomic E-state index is -0.579. The van der Waals surface area contributed by atoms with E-state index < -0.39 is 5.41 Å². The maximum Gasteiger partial charge on any atom is 0.231 e. The molecule has 1 amide bonds. The number of thioether (sulfide) groups is 1. The van der Waals surface area contributed by atoms with E-state index in [-0.39, 0.29) is 18.6 Å². The Morgan fingerprint density at radius 3 is 2.73 bits per heavy atom. The molecule has 1 aliphatic heterocycles. The van der Waals surface area contributed by atoms with Crippen LogP contribution in [0.3, 0.4) is 0 Å². The highest BCUT2D eigenvalue weighted by Crippen LogP contribution is 2.35. The number of nitrogens with zero attached hydrogens (tertiary/aromatic N) is 1. The Kier molecular flexibility index (Phi) is 5.07. The lowest BCUT2D eigenvalue weighted by Gasteiger charge is -2.41. The van der Waals surface area contributed by atoms with Gasteiger partial charge in [-0.1, -0.05) is 11.8 Å². The van der Waals surface area contributed by atoms with Crippen LogP contribution < -0.4 is 10.6 Å². The standard InChI is InChI=1S/C15H23N3O2S2/c1-10-6-21-14(17-10)22-12-4-2-11(3-5-12)18-13(20)15(9-19)7-16-8-15/h6,11-12,16,19H,2-5,7-9H2,1H3,(H,18,20). The highest BCUT2D eigenvalue weighted by atomic mass is 32.2. The van der Waals surface area contributed by atoms with Gasteiger partial charge in [0.15, 0.2) is 0 Å². The van der Waals surface area contributed by atoms with Gasteiger partial charge in [0.25, 0.3) is 0 Å². The molecule has 22 heavy (non-hydrogen) atoms. The van der Waals surface area contributed by atoms with Crippen LogP contribution in [0.4, 0.5) is 0 Å². The Labute approximate surface area is 139 Å². The molecule has 7 heteroatoms. The zero-order chi connectivity index (χ0) is 15.6. The van der Waals surface area contributed by atoms with Crippen molar-refractivity contribution in [2.45, 2.75) is 48.2 Å². The summed E-state index contributed by atoms with van der Waals surface area (Å²) >= 11 is 3.60. The quantitative estimate of drug-likeness (QED) is 0.758. The third kappa shape index (κ3) is 3.48. The third-order valence-corrected chi connectivity index (χ3v) is 7.01. The molecule has 3 rings (SSSR count). The summed E-state index contributed by atoms with van der Waals surface area (Å²) in [5, 5.41) is 18.4. The predicted molar refractivity (Wildman–Crippen MR) is 89.3 cm³/mol. The number of carbonyl (C=O) groups is 1. The molecule has 5 nitrogen and oxygen atoms in total. The Morgan fingerprint density at radius 2 is 2.23 bits per heavy atom. The molecular formula is C15H23N3O2S2. The van der Waals surface area contributed by atoms with E-state index in [1.165, 1.54) is 0 Å². The van der Waals surface area contributed by atoms with E-state index >= 15 is 0 Å². The molecule has 1 saturated carbocycles. The summed E-state index contributed by atoms with van der Waals surface area (Å²) in [4.78, 5) is 16.8. The molecule has 2 heterocycles. The van der Waals surface area contributed by atoms with Gasteiger partial charge in [-0.05, 0) is 32.6 Å². The highest BCUT2D eigenvalue weighted by Gasteiger charge is 2.44. The van der Waals surface area contributed by atoms with Gasteiger partial charge in [-0.25, -0.2) is 4.98 Å². The van der Waals surface area contributed by atoms with Crippen molar-refractivity contribution in [2.24, 2.45) is 5.41 Å². The first-order valence-corrected chi connectivity index (χ1v) is 9.58. The molecule has 3 N–H and O–H groups in total. The number of rotatable bonds is 5. The normalized spacial score (nSPS) is 27.2. The first kappa shape index (κ1) is 16.2. The molecule has 0 atom stereocenters. The Bertz CT molecular complexity index is 517. The number of aliphatic hydroxyl groups excluding tert-OH is 1. The van der Waals surface area contributed by atoms with Gasteiger partial charge in [0.1, 0.15) is 4.34 Å². The monoisotopic (exact) mass is 341 g/mol. The maximum absolute atomic E-state index is 12.3. The van der Waals surface area contributed by atoms with Gasteiger partial charge in [-0.3, -0.25) is 4.79 Å². The van der Waals surface area contributed by atoms with E-state index in [9.17, 15) is 9.90 Å². The van der Waals surface area contributed by atoms with Gasteiger partial charge in [0.05, 0.1) is 12.0 Å². The number of hydrogen-bond donors (Lipinski definition) is 3. The number of aliphatic hydroxyl groups is 1. The van der Waals surface area contributed by atoms with Crippen LogP contribution in [0.1, 0.15) is 31.4 Å². The summed E-state index contributed by atoms with van der Waals surface area (Å²) in [5.74, 6) is 0.0143. The molecular weight excluding hydrogens is 318 g/mol. The van der Waals surface area contributed by atoms with E-state index in [1.807, 2.05) is 18.7 Å². The number of nitrogens with one attached hydrogen (secondary N) is 2. The summed E-state index contributed by atoms with van der Waals surface area (Å²) in [7, 11) is 0. The van der Waals surface area contributed by atoms with Crippen molar-refractivity contribution in [1.82, 2.24) is 15.6 Å². The van der Waals surface area contributed by atoms with Crippen LogP contribution in [0.15, 0.2) is 9.72 Å². The van der Waals surface area contributed by atoms with Crippen LogP contribution in [0, 0.1) is 12.3 Å². The van der Waals surface area contributed by atoms with Crippen LogP contribution in [0.5, 0.6) is 0 Å². The third-order valence-electron chi connectivity index (χ3n) is 4.59. The second-order valence-corrected chi connectivity index (χ2v) is 8.77. The fourth-order valence-corrected chi connectivity index (χ4v) is 5.25. The first-order chi connectivity index (χ1) is 10.6. The van der Waals surface area contributed by atoms with Crippen molar-refractivity contribution in [3.8, 4) is 0 Å². The molecule has 122 valence electrons. The van der Waals surface area contributed by atoms with Gasteiger partial charge < -0.3 is 15.7 Å². The highest BCUT2D eigenvalue weighted by molar-refractivity contribution is 8.01. The zero-order valence-corrected chi connectivity index (χ0v) is 14.4. The molecule has 2 aliphatic rings. The molecule has 0 bridgehead atoms. The van der Waals surface area contributed by atoms with Gasteiger partial charge in [0.2, 0.25) is 5.91 Å². The lowest BCUT2D eigenvalue weighted by molar-refractivity contribution is -0.137. The minimum Gasteiger partial charge on any atom is -0.395 e. The summed E-state index contributed by atoms with van der Waals surface area (Å²) in [6.45, 7) is 3.13. The van der Waals surface area contributed by atoms with Crippen molar-refractivity contribution in [1.29, 1.82) is 0 Å². The van der Waals surface area contributed by atoms with Crippen LogP contribution >= 0.6 is 23.1 Å². The van der Waals surface area contributed by atoms with E-state index in [4.69, 9.17) is 0 Å². The summed E-state index contributed by atoms with van der Waals surface area (Å²) in [5.41, 5.74) is 0.515. The lowest BCUT2D eigenvalue weighted by Crippen LogP contribution is -2.64. The van der Waals surface area contributed by atoms with Gasteiger partial charge in [0, 0.05) is 35.5 Å². The van der Waals surface area contributed by atoms with Crippen LogP contribution in [-0.2, 0) is 4.79 Å². The van der Waals surface area contributed by atoms with E-state index in [1.54, 1.807) is 11.3 Å². The molecule has 2 fully saturated rings. The topological polar surface area (TPSA) is 74.2 Å². The van der Waals surface area contributed by atoms with Crippen LogP contribution in [0.25, 0.3) is 0 Å². The predicted octanol–water partition coefficient (Wildman–Crippen LogP) is 1.55. The average molecular weight is 342 g/mol.